The summed E-state index contributed by atoms with van der Waals surface area (Å²) in [6, 6.07) is 0.746. The molecular formula is C13H21N3O. The van der Waals surface area contributed by atoms with Crippen LogP contribution in [0.25, 0.3) is 0 Å². The average molecular weight is 235 g/mol. The maximum Gasteiger partial charge on any atom is 0.297 e. The number of oxazole rings is 1. The summed E-state index contributed by atoms with van der Waals surface area (Å²) in [5.41, 5.74) is 0.982. The molecule has 1 aliphatic heterocycles. The van der Waals surface area contributed by atoms with Gasteiger partial charge >= 0.3 is 0 Å². The highest BCUT2D eigenvalue weighted by molar-refractivity contribution is 5.30. The molecule has 1 aliphatic rings. The van der Waals surface area contributed by atoms with E-state index < -0.39 is 0 Å². The molecule has 0 radical (unpaired) electrons. The van der Waals surface area contributed by atoms with Crippen molar-refractivity contribution in [2.75, 3.05) is 24.5 Å². The molecule has 0 saturated carbocycles. The SMILES string of the molecule is CC(C)CNCc1coc(N2CC=CCC2)n1. The number of hydrogen-bond donors (Lipinski definition) is 1. The van der Waals surface area contributed by atoms with Gasteiger partial charge in [-0.15, -0.1) is 0 Å². The molecule has 0 aromatic carbocycles. The predicted octanol–water partition coefficient (Wildman–Crippen LogP) is 2.19. The van der Waals surface area contributed by atoms with E-state index in [0.29, 0.717) is 5.92 Å². The fraction of sp³-hybridized carbons (Fsp3) is 0.615. The fourth-order valence-electron chi connectivity index (χ4n) is 1.83. The van der Waals surface area contributed by atoms with E-state index in [0.717, 1.165) is 44.3 Å². The monoisotopic (exact) mass is 235 g/mol. The van der Waals surface area contributed by atoms with Crippen LogP contribution in [0.5, 0.6) is 0 Å². The number of anilines is 1. The molecule has 1 aromatic rings. The standard InChI is InChI=1S/C13H21N3O/c1-11(2)8-14-9-12-10-17-13(15-12)16-6-4-3-5-7-16/h3-4,10-11,14H,5-9H2,1-2H3. The molecule has 0 amide bonds. The Morgan fingerprint density at radius 1 is 1.47 bits per heavy atom. The first-order valence-corrected chi connectivity index (χ1v) is 6.31. The topological polar surface area (TPSA) is 41.3 Å². The Kier molecular flexibility index (Phi) is 4.20. The Balaban J connectivity index is 1.85. The highest BCUT2D eigenvalue weighted by Gasteiger charge is 2.13. The molecule has 0 spiro atoms. The zero-order chi connectivity index (χ0) is 12.1. The van der Waals surface area contributed by atoms with Gasteiger partial charge in [0.1, 0.15) is 6.26 Å². The molecule has 4 nitrogen and oxygen atoms in total. The van der Waals surface area contributed by atoms with Gasteiger partial charge < -0.3 is 14.6 Å². The number of aromatic nitrogens is 1. The molecule has 0 unspecified atom stereocenters. The van der Waals surface area contributed by atoms with Crippen LogP contribution in [-0.4, -0.2) is 24.6 Å². The van der Waals surface area contributed by atoms with Crippen molar-refractivity contribution in [3.8, 4) is 0 Å². The molecule has 4 heteroatoms. The van der Waals surface area contributed by atoms with Crippen LogP contribution >= 0.6 is 0 Å². The second-order valence-corrected chi connectivity index (χ2v) is 4.85. The lowest BCUT2D eigenvalue weighted by atomic mass is 10.2. The summed E-state index contributed by atoms with van der Waals surface area (Å²) in [7, 11) is 0. The second kappa shape index (κ2) is 5.87. The van der Waals surface area contributed by atoms with Crippen LogP contribution in [0.4, 0.5) is 6.01 Å². The lowest BCUT2D eigenvalue weighted by Crippen LogP contribution is -2.27. The van der Waals surface area contributed by atoms with Crippen LogP contribution in [0.2, 0.25) is 0 Å². The molecule has 0 atom stereocenters. The molecule has 17 heavy (non-hydrogen) atoms. The third kappa shape index (κ3) is 3.60. The van der Waals surface area contributed by atoms with Gasteiger partial charge in [-0.05, 0) is 18.9 Å². The maximum absolute atomic E-state index is 5.50. The summed E-state index contributed by atoms with van der Waals surface area (Å²) >= 11 is 0. The molecule has 0 bridgehead atoms. The molecule has 94 valence electrons. The maximum atomic E-state index is 5.50. The first-order chi connectivity index (χ1) is 8.25. The molecule has 0 aliphatic carbocycles. The van der Waals surface area contributed by atoms with Gasteiger partial charge in [-0.3, -0.25) is 0 Å². The van der Waals surface area contributed by atoms with Crippen molar-refractivity contribution in [1.82, 2.24) is 10.3 Å². The van der Waals surface area contributed by atoms with Gasteiger partial charge in [0, 0.05) is 19.6 Å². The average Bonchev–Trinajstić information content (AvgIpc) is 2.78. The zero-order valence-electron chi connectivity index (χ0n) is 10.6. The lowest BCUT2D eigenvalue weighted by Gasteiger charge is -2.20. The van der Waals surface area contributed by atoms with E-state index in [1.807, 2.05) is 0 Å². The smallest absolute Gasteiger partial charge is 0.297 e. The quantitative estimate of drug-likeness (QED) is 0.794. The predicted molar refractivity (Wildman–Crippen MR) is 69.0 cm³/mol. The third-order valence-electron chi connectivity index (χ3n) is 2.73. The van der Waals surface area contributed by atoms with E-state index in [4.69, 9.17) is 4.42 Å². The molecule has 2 heterocycles. The highest BCUT2D eigenvalue weighted by Crippen LogP contribution is 2.16. The van der Waals surface area contributed by atoms with Crippen molar-refractivity contribution in [1.29, 1.82) is 0 Å². The van der Waals surface area contributed by atoms with E-state index in [1.165, 1.54) is 0 Å². The molecule has 1 aromatic heterocycles. The largest absolute Gasteiger partial charge is 0.432 e. The Morgan fingerprint density at radius 2 is 2.35 bits per heavy atom. The summed E-state index contributed by atoms with van der Waals surface area (Å²) < 4.78 is 5.50. The summed E-state index contributed by atoms with van der Waals surface area (Å²) in [5.74, 6) is 0.661. The molecule has 2 rings (SSSR count). The highest BCUT2D eigenvalue weighted by atomic mass is 16.4. The van der Waals surface area contributed by atoms with Gasteiger partial charge in [-0.25, -0.2) is 0 Å². The van der Waals surface area contributed by atoms with E-state index in [-0.39, 0.29) is 0 Å². The number of nitrogens with zero attached hydrogens (tertiary/aromatic N) is 2. The van der Waals surface area contributed by atoms with Gasteiger partial charge in [0.2, 0.25) is 0 Å². The van der Waals surface area contributed by atoms with Gasteiger partial charge in [0.25, 0.3) is 6.01 Å². The first kappa shape index (κ1) is 12.2. The van der Waals surface area contributed by atoms with Crippen molar-refractivity contribution in [3.05, 3.63) is 24.1 Å². The van der Waals surface area contributed by atoms with Crippen LogP contribution < -0.4 is 10.2 Å². The van der Waals surface area contributed by atoms with Crippen molar-refractivity contribution >= 4 is 6.01 Å². The summed E-state index contributed by atoms with van der Waals surface area (Å²) in [6.07, 6.45) is 7.18. The molecule has 1 N–H and O–H groups in total. The third-order valence-corrected chi connectivity index (χ3v) is 2.73. The van der Waals surface area contributed by atoms with Gasteiger partial charge in [-0.1, -0.05) is 26.0 Å². The Labute approximate surface area is 103 Å². The minimum Gasteiger partial charge on any atom is -0.432 e. The molecule has 0 saturated heterocycles. The van der Waals surface area contributed by atoms with E-state index in [2.05, 4.69) is 41.2 Å². The second-order valence-electron chi connectivity index (χ2n) is 4.85. The summed E-state index contributed by atoms with van der Waals surface area (Å²) in [6.45, 7) is 8.08. The van der Waals surface area contributed by atoms with E-state index >= 15 is 0 Å². The van der Waals surface area contributed by atoms with Crippen LogP contribution in [0, 0.1) is 5.92 Å². The zero-order valence-corrected chi connectivity index (χ0v) is 10.6. The minimum atomic E-state index is 0.661. The van der Waals surface area contributed by atoms with Crippen molar-refractivity contribution in [2.24, 2.45) is 5.92 Å². The Bertz CT molecular complexity index is 370. The van der Waals surface area contributed by atoms with Crippen molar-refractivity contribution in [2.45, 2.75) is 26.8 Å². The fourth-order valence-corrected chi connectivity index (χ4v) is 1.83. The minimum absolute atomic E-state index is 0.661. The lowest BCUT2D eigenvalue weighted by molar-refractivity contribution is 0.531. The van der Waals surface area contributed by atoms with Crippen molar-refractivity contribution < 1.29 is 4.42 Å². The van der Waals surface area contributed by atoms with Gasteiger partial charge in [0.15, 0.2) is 0 Å². The number of rotatable bonds is 5. The van der Waals surface area contributed by atoms with Gasteiger partial charge in [0.05, 0.1) is 5.69 Å². The van der Waals surface area contributed by atoms with E-state index in [1.54, 1.807) is 6.26 Å². The van der Waals surface area contributed by atoms with Crippen LogP contribution in [0.3, 0.4) is 0 Å². The summed E-state index contributed by atoms with van der Waals surface area (Å²) in [5, 5.41) is 3.36. The first-order valence-electron chi connectivity index (χ1n) is 6.31. The normalized spacial score (nSPS) is 15.8. The van der Waals surface area contributed by atoms with Crippen LogP contribution in [0.15, 0.2) is 22.8 Å². The van der Waals surface area contributed by atoms with Gasteiger partial charge in [-0.2, -0.15) is 4.98 Å². The van der Waals surface area contributed by atoms with Crippen LogP contribution in [0.1, 0.15) is 26.0 Å². The molecular weight excluding hydrogens is 214 g/mol. The Hall–Kier alpha value is -1.29. The molecule has 0 fully saturated rings. The van der Waals surface area contributed by atoms with Crippen molar-refractivity contribution in [3.63, 3.8) is 0 Å². The Morgan fingerprint density at radius 3 is 3.06 bits per heavy atom. The number of hydrogen-bond acceptors (Lipinski definition) is 4. The summed E-state index contributed by atoms with van der Waals surface area (Å²) in [4.78, 5) is 6.65. The van der Waals surface area contributed by atoms with E-state index in [9.17, 15) is 0 Å². The number of nitrogens with one attached hydrogen (secondary N) is 1. The van der Waals surface area contributed by atoms with Crippen LogP contribution in [-0.2, 0) is 6.54 Å².